The summed E-state index contributed by atoms with van der Waals surface area (Å²) in [5.41, 5.74) is 1.89. The van der Waals surface area contributed by atoms with E-state index in [2.05, 4.69) is 9.97 Å². The minimum atomic E-state index is -1.20. The maximum Gasteiger partial charge on any atom is 0.352 e. The topological polar surface area (TPSA) is 92.3 Å². The first-order valence-electron chi connectivity index (χ1n) is 5.92. The van der Waals surface area contributed by atoms with Gasteiger partial charge in [-0.25, -0.2) is 9.59 Å². The Hall–Kier alpha value is -2.63. The average Bonchev–Trinajstić information content (AvgIpc) is 2.40. The molecule has 0 spiro atoms. The van der Waals surface area contributed by atoms with Crippen LogP contribution in [0.3, 0.4) is 0 Å². The number of aromatic amines is 1. The number of hydrogen-bond donors (Lipinski definition) is 2. The lowest BCUT2D eigenvalue weighted by molar-refractivity contribution is 0.0690. The highest BCUT2D eigenvalue weighted by Crippen LogP contribution is 2.28. The van der Waals surface area contributed by atoms with Crippen LogP contribution in [-0.4, -0.2) is 28.2 Å². The SMILES string of the molecule is COc1cc(C)c(-c2cc(C(=O)O)[nH]c(=O)n2)cc1C. The van der Waals surface area contributed by atoms with Crippen LogP contribution in [0.1, 0.15) is 21.6 Å². The number of aryl methyl sites for hydroxylation is 2. The van der Waals surface area contributed by atoms with E-state index in [1.54, 1.807) is 7.11 Å². The van der Waals surface area contributed by atoms with Gasteiger partial charge in [0.15, 0.2) is 0 Å². The lowest BCUT2D eigenvalue weighted by Crippen LogP contribution is -2.16. The van der Waals surface area contributed by atoms with Crippen LogP contribution in [0, 0.1) is 13.8 Å². The number of rotatable bonds is 3. The van der Waals surface area contributed by atoms with Gasteiger partial charge in [-0.2, -0.15) is 4.98 Å². The van der Waals surface area contributed by atoms with Crippen molar-refractivity contribution in [2.24, 2.45) is 0 Å². The van der Waals surface area contributed by atoms with E-state index >= 15 is 0 Å². The molecule has 0 saturated heterocycles. The quantitative estimate of drug-likeness (QED) is 0.889. The van der Waals surface area contributed by atoms with E-state index in [9.17, 15) is 9.59 Å². The highest BCUT2D eigenvalue weighted by atomic mass is 16.5. The first kappa shape index (κ1) is 13.8. The third-order valence-electron chi connectivity index (χ3n) is 2.99. The van der Waals surface area contributed by atoms with Crippen molar-refractivity contribution < 1.29 is 14.6 Å². The molecule has 104 valence electrons. The first-order valence-corrected chi connectivity index (χ1v) is 5.92. The van der Waals surface area contributed by atoms with E-state index in [0.717, 1.165) is 16.9 Å². The number of ether oxygens (including phenoxy) is 1. The third-order valence-corrected chi connectivity index (χ3v) is 2.99. The molecule has 0 aliphatic heterocycles. The fourth-order valence-electron chi connectivity index (χ4n) is 2.00. The van der Waals surface area contributed by atoms with Crippen molar-refractivity contribution in [3.8, 4) is 17.0 Å². The van der Waals surface area contributed by atoms with Crippen LogP contribution in [0.4, 0.5) is 0 Å². The normalized spacial score (nSPS) is 10.3. The summed E-state index contributed by atoms with van der Waals surface area (Å²) in [6, 6.07) is 4.99. The molecule has 0 aliphatic carbocycles. The number of hydrogen-bond acceptors (Lipinski definition) is 4. The molecule has 0 bridgehead atoms. The molecular weight excluding hydrogens is 260 g/mol. The summed E-state index contributed by atoms with van der Waals surface area (Å²) < 4.78 is 5.22. The van der Waals surface area contributed by atoms with Gasteiger partial charge in [0.25, 0.3) is 0 Å². The summed E-state index contributed by atoms with van der Waals surface area (Å²) in [7, 11) is 1.58. The van der Waals surface area contributed by atoms with Gasteiger partial charge >= 0.3 is 11.7 Å². The van der Waals surface area contributed by atoms with Crippen molar-refractivity contribution in [2.45, 2.75) is 13.8 Å². The van der Waals surface area contributed by atoms with Crippen molar-refractivity contribution in [3.63, 3.8) is 0 Å². The van der Waals surface area contributed by atoms with Crippen LogP contribution in [-0.2, 0) is 0 Å². The maximum absolute atomic E-state index is 11.5. The molecule has 0 atom stereocenters. The van der Waals surface area contributed by atoms with Gasteiger partial charge in [-0.1, -0.05) is 0 Å². The van der Waals surface area contributed by atoms with Crippen LogP contribution in [0.2, 0.25) is 0 Å². The second-order valence-corrected chi connectivity index (χ2v) is 4.43. The van der Waals surface area contributed by atoms with E-state index in [1.165, 1.54) is 6.07 Å². The molecule has 2 N–H and O–H groups in total. The molecule has 1 aromatic carbocycles. The lowest BCUT2D eigenvalue weighted by atomic mass is 10.0. The Morgan fingerprint density at radius 2 is 1.95 bits per heavy atom. The van der Waals surface area contributed by atoms with Gasteiger partial charge in [-0.3, -0.25) is 4.98 Å². The molecule has 0 fully saturated rings. The van der Waals surface area contributed by atoms with Gasteiger partial charge in [0, 0.05) is 5.56 Å². The fraction of sp³-hybridized carbons (Fsp3) is 0.214. The van der Waals surface area contributed by atoms with Gasteiger partial charge in [-0.15, -0.1) is 0 Å². The number of aromatic nitrogens is 2. The highest BCUT2D eigenvalue weighted by molar-refractivity contribution is 5.86. The third kappa shape index (κ3) is 2.54. The Bertz CT molecular complexity index is 734. The predicted octanol–water partition coefficient (Wildman–Crippen LogP) is 1.76. The second kappa shape index (κ2) is 5.16. The van der Waals surface area contributed by atoms with E-state index < -0.39 is 11.7 Å². The van der Waals surface area contributed by atoms with Crippen molar-refractivity contribution in [1.29, 1.82) is 0 Å². The van der Waals surface area contributed by atoms with Crippen LogP contribution in [0.25, 0.3) is 11.3 Å². The highest BCUT2D eigenvalue weighted by Gasteiger charge is 2.12. The number of methoxy groups -OCH3 is 1. The molecule has 0 amide bonds. The van der Waals surface area contributed by atoms with Gasteiger partial charge in [-0.05, 0) is 43.2 Å². The largest absolute Gasteiger partial charge is 0.496 e. The number of carboxylic acids is 1. The summed E-state index contributed by atoms with van der Waals surface area (Å²) in [6.07, 6.45) is 0. The number of carboxylic acid groups (broad SMARTS) is 1. The molecule has 0 radical (unpaired) electrons. The Morgan fingerprint density at radius 3 is 2.55 bits per heavy atom. The number of nitrogens with one attached hydrogen (secondary N) is 1. The second-order valence-electron chi connectivity index (χ2n) is 4.43. The molecule has 1 heterocycles. The molecule has 1 aromatic heterocycles. The van der Waals surface area contributed by atoms with Crippen LogP contribution < -0.4 is 10.4 Å². The molecule has 20 heavy (non-hydrogen) atoms. The van der Waals surface area contributed by atoms with Crippen molar-refractivity contribution in [1.82, 2.24) is 9.97 Å². The number of carbonyl (C=O) groups is 1. The first-order chi connectivity index (χ1) is 9.42. The van der Waals surface area contributed by atoms with Crippen molar-refractivity contribution >= 4 is 5.97 Å². The van der Waals surface area contributed by atoms with Gasteiger partial charge in [0.2, 0.25) is 0 Å². The molecule has 0 unspecified atom stereocenters. The smallest absolute Gasteiger partial charge is 0.352 e. The van der Waals surface area contributed by atoms with Gasteiger partial charge in [0.05, 0.1) is 12.8 Å². The monoisotopic (exact) mass is 274 g/mol. The summed E-state index contributed by atoms with van der Waals surface area (Å²) in [4.78, 5) is 28.4. The minimum Gasteiger partial charge on any atom is -0.496 e. The van der Waals surface area contributed by atoms with Gasteiger partial charge in [0.1, 0.15) is 11.4 Å². The Balaban J connectivity index is 2.65. The zero-order chi connectivity index (χ0) is 14.9. The van der Waals surface area contributed by atoms with E-state index in [-0.39, 0.29) is 5.69 Å². The lowest BCUT2D eigenvalue weighted by Gasteiger charge is -2.11. The summed E-state index contributed by atoms with van der Waals surface area (Å²) in [6.45, 7) is 3.72. The van der Waals surface area contributed by atoms with Crippen LogP contribution in [0.5, 0.6) is 5.75 Å². The zero-order valence-electron chi connectivity index (χ0n) is 11.4. The Kier molecular flexibility index (Phi) is 3.56. The predicted molar refractivity (Wildman–Crippen MR) is 73.3 cm³/mol. The van der Waals surface area contributed by atoms with E-state index in [0.29, 0.717) is 11.3 Å². The average molecular weight is 274 g/mol. The maximum atomic E-state index is 11.5. The number of nitrogens with zero attached hydrogens (tertiary/aromatic N) is 1. The molecule has 6 nitrogen and oxygen atoms in total. The number of H-pyrrole nitrogens is 1. The zero-order valence-corrected chi connectivity index (χ0v) is 11.4. The number of aromatic carboxylic acids is 1. The number of benzene rings is 1. The van der Waals surface area contributed by atoms with Crippen LogP contribution in [0.15, 0.2) is 23.0 Å². The van der Waals surface area contributed by atoms with Crippen molar-refractivity contribution in [3.05, 3.63) is 45.5 Å². The Morgan fingerprint density at radius 1 is 1.25 bits per heavy atom. The summed E-state index contributed by atoms with van der Waals surface area (Å²) >= 11 is 0. The standard InChI is InChI=1S/C14H14N2O4/c1-7-5-12(20-3)8(2)4-9(7)10-6-11(13(17)18)16-14(19)15-10/h4-6H,1-3H3,(H,17,18)(H,15,16,19). The van der Waals surface area contributed by atoms with E-state index in [1.807, 2.05) is 26.0 Å². The molecule has 2 rings (SSSR count). The van der Waals surface area contributed by atoms with E-state index in [4.69, 9.17) is 9.84 Å². The summed E-state index contributed by atoms with van der Waals surface area (Å²) in [5, 5.41) is 8.97. The molecule has 6 heteroatoms. The van der Waals surface area contributed by atoms with Crippen molar-refractivity contribution in [2.75, 3.05) is 7.11 Å². The molecular formula is C14H14N2O4. The molecule has 0 aliphatic rings. The molecule has 2 aromatic rings. The minimum absolute atomic E-state index is 0.187. The Labute approximate surface area is 115 Å². The summed E-state index contributed by atoms with van der Waals surface area (Å²) in [5.74, 6) is -0.469. The van der Waals surface area contributed by atoms with Gasteiger partial charge < -0.3 is 9.84 Å². The molecule has 0 saturated carbocycles. The fourth-order valence-corrected chi connectivity index (χ4v) is 2.00. The van der Waals surface area contributed by atoms with Crippen LogP contribution >= 0.6 is 0 Å².